The summed E-state index contributed by atoms with van der Waals surface area (Å²) < 4.78 is 11.9. The van der Waals surface area contributed by atoms with Gasteiger partial charge in [0.05, 0.1) is 6.61 Å². The van der Waals surface area contributed by atoms with Crippen molar-refractivity contribution in [2.75, 3.05) is 19.8 Å². The lowest BCUT2D eigenvalue weighted by atomic mass is 10.2. The SMILES string of the molecule is CCOCCCOc1ccc(Br)cc1CN. The van der Waals surface area contributed by atoms with Crippen LogP contribution in [0.25, 0.3) is 0 Å². The van der Waals surface area contributed by atoms with E-state index >= 15 is 0 Å². The van der Waals surface area contributed by atoms with Crippen LogP contribution >= 0.6 is 15.9 Å². The Balaban J connectivity index is 2.41. The molecule has 90 valence electrons. The van der Waals surface area contributed by atoms with E-state index in [2.05, 4.69) is 15.9 Å². The number of hydrogen-bond donors (Lipinski definition) is 1. The molecule has 0 amide bonds. The van der Waals surface area contributed by atoms with Gasteiger partial charge < -0.3 is 15.2 Å². The van der Waals surface area contributed by atoms with Crippen molar-refractivity contribution in [1.29, 1.82) is 0 Å². The summed E-state index contributed by atoms with van der Waals surface area (Å²) in [6, 6.07) is 5.88. The third-order valence-electron chi connectivity index (χ3n) is 2.14. The van der Waals surface area contributed by atoms with Gasteiger partial charge in [0.15, 0.2) is 0 Å². The minimum atomic E-state index is 0.486. The molecule has 0 unspecified atom stereocenters. The first-order valence-electron chi connectivity index (χ1n) is 5.47. The van der Waals surface area contributed by atoms with Crippen molar-refractivity contribution in [1.82, 2.24) is 0 Å². The van der Waals surface area contributed by atoms with Crippen LogP contribution in [-0.4, -0.2) is 19.8 Å². The van der Waals surface area contributed by atoms with E-state index in [1.54, 1.807) is 0 Å². The van der Waals surface area contributed by atoms with Crippen molar-refractivity contribution < 1.29 is 9.47 Å². The van der Waals surface area contributed by atoms with E-state index in [0.29, 0.717) is 13.2 Å². The molecule has 0 atom stereocenters. The van der Waals surface area contributed by atoms with Gasteiger partial charge in [-0.2, -0.15) is 0 Å². The molecule has 0 saturated heterocycles. The van der Waals surface area contributed by atoms with Crippen LogP contribution in [0, 0.1) is 0 Å². The molecule has 16 heavy (non-hydrogen) atoms. The largest absolute Gasteiger partial charge is 0.493 e. The molecule has 1 aromatic rings. The standard InChI is InChI=1S/C12H18BrNO2/c1-2-15-6-3-7-16-12-5-4-11(13)8-10(12)9-14/h4-5,8H,2-3,6-7,9,14H2,1H3. The topological polar surface area (TPSA) is 44.5 Å². The zero-order chi connectivity index (χ0) is 11.8. The van der Waals surface area contributed by atoms with E-state index in [4.69, 9.17) is 15.2 Å². The Morgan fingerprint density at radius 3 is 2.81 bits per heavy atom. The van der Waals surface area contributed by atoms with Crippen LogP contribution in [0.3, 0.4) is 0 Å². The number of halogens is 1. The lowest BCUT2D eigenvalue weighted by Crippen LogP contribution is -2.06. The Morgan fingerprint density at radius 1 is 1.31 bits per heavy atom. The van der Waals surface area contributed by atoms with E-state index in [9.17, 15) is 0 Å². The van der Waals surface area contributed by atoms with Crippen LogP contribution in [0.1, 0.15) is 18.9 Å². The van der Waals surface area contributed by atoms with Gasteiger partial charge in [-0.3, -0.25) is 0 Å². The van der Waals surface area contributed by atoms with Gasteiger partial charge in [0.1, 0.15) is 5.75 Å². The molecule has 1 rings (SSSR count). The van der Waals surface area contributed by atoms with Crippen LogP contribution in [0.15, 0.2) is 22.7 Å². The second kappa shape index (κ2) is 7.65. The van der Waals surface area contributed by atoms with Crippen molar-refractivity contribution in [3.63, 3.8) is 0 Å². The fourth-order valence-electron chi connectivity index (χ4n) is 1.34. The lowest BCUT2D eigenvalue weighted by Gasteiger charge is -2.10. The molecule has 0 heterocycles. The maximum Gasteiger partial charge on any atom is 0.123 e. The van der Waals surface area contributed by atoms with Gasteiger partial charge in [-0.05, 0) is 25.1 Å². The zero-order valence-corrected chi connectivity index (χ0v) is 11.1. The second-order valence-corrected chi connectivity index (χ2v) is 4.27. The summed E-state index contributed by atoms with van der Waals surface area (Å²) in [4.78, 5) is 0. The average molecular weight is 288 g/mol. The van der Waals surface area contributed by atoms with E-state index < -0.39 is 0 Å². The molecule has 1 aromatic carbocycles. The molecular weight excluding hydrogens is 270 g/mol. The minimum absolute atomic E-state index is 0.486. The van der Waals surface area contributed by atoms with Crippen molar-refractivity contribution in [3.05, 3.63) is 28.2 Å². The maximum atomic E-state index is 5.65. The Bertz CT molecular complexity index is 318. The molecule has 0 aliphatic rings. The highest BCUT2D eigenvalue weighted by Gasteiger charge is 2.02. The fraction of sp³-hybridized carbons (Fsp3) is 0.500. The second-order valence-electron chi connectivity index (χ2n) is 3.36. The van der Waals surface area contributed by atoms with E-state index in [1.807, 2.05) is 25.1 Å². The summed E-state index contributed by atoms with van der Waals surface area (Å²) in [5.41, 5.74) is 6.67. The molecule has 2 N–H and O–H groups in total. The molecule has 0 fully saturated rings. The van der Waals surface area contributed by atoms with Crippen LogP contribution < -0.4 is 10.5 Å². The van der Waals surface area contributed by atoms with Gasteiger partial charge >= 0.3 is 0 Å². The molecule has 0 radical (unpaired) electrons. The van der Waals surface area contributed by atoms with Crippen molar-refractivity contribution in [2.45, 2.75) is 19.9 Å². The Kier molecular flexibility index (Phi) is 6.45. The monoisotopic (exact) mass is 287 g/mol. The van der Waals surface area contributed by atoms with Crippen LogP contribution in [-0.2, 0) is 11.3 Å². The first kappa shape index (κ1) is 13.5. The first-order valence-corrected chi connectivity index (χ1v) is 6.26. The highest BCUT2D eigenvalue weighted by molar-refractivity contribution is 9.10. The molecule has 0 aliphatic carbocycles. The Labute approximate surface area is 105 Å². The molecule has 0 saturated carbocycles. The van der Waals surface area contributed by atoms with Gasteiger partial charge in [0.2, 0.25) is 0 Å². The van der Waals surface area contributed by atoms with Crippen molar-refractivity contribution in [2.24, 2.45) is 5.73 Å². The number of benzene rings is 1. The smallest absolute Gasteiger partial charge is 0.123 e. The molecule has 4 heteroatoms. The Morgan fingerprint density at radius 2 is 2.12 bits per heavy atom. The molecule has 0 bridgehead atoms. The fourth-order valence-corrected chi connectivity index (χ4v) is 1.74. The number of ether oxygens (including phenoxy) is 2. The summed E-state index contributed by atoms with van der Waals surface area (Å²) in [7, 11) is 0. The van der Waals surface area contributed by atoms with E-state index in [-0.39, 0.29) is 0 Å². The van der Waals surface area contributed by atoms with E-state index in [1.165, 1.54) is 0 Å². The number of rotatable bonds is 7. The zero-order valence-electron chi connectivity index (χ0n) is 9.54. The molecule has 0 aliphatic heterocycles. The van der Waals surface area contributed by atoms with Crippen LogP contribution in [0.5, 0.6) is 5.75 Å². The predicted molar refractivity (Wildman–Crippen MR) is 68.6 cm³/mol. The van der Waals surface area contributed by atoms with Crippen molar-refractivity contribution >= 4 is 15.9 Å². The first-order chi connectivity index (χ1) is 7.77. The van der Waals surface area contributed by atoms with Crippen LogP contribution in [0.2, 0.25) is 0 Å². The third-order valence-corrected chi connectivity index (χ3v) is 2.63. The summed E-state index contributed by atoms with van der Waals surface area (Å²) in [6.07, 6.45) is 0.897. The number of hydrogen-bond acceptors (Lipinski definition) is 3. The highest BCUT2D eigenvalue weighted by Crippen LogP contribution is 2.22. The summed E-state index contributed by atoms with van der Waals surface area (Å²) in [5, 5.41) is 0. The average Bonchev–Trinajstić information content (AvgIpc) is 2.30. The lowest BCUT2D eigenvalue weighted by molar-refractivity contribution is 0.130. The van der Waals surface area contributed by atoms with Gasteiger partial charge in [-0.25, -0.2) is 0 Å². The van der Waals surface area contributed by atoms with E-state index in [0.717, 1.165) is 35.4 Å². The number of nitrogens with two attached hydrogens (primary N) is 1. The van der Waals surface area contributed by atoms with Gasteiger partial charge in [-0.15, -0.1) is 0 Å². The predicted octanol–water partition coefficient (Wildman–Crippen LogP) is 2.71. The summed E-state index contributed by atoms with van der Waals surface area (Å²) in [6.45, 7) is 4.63. The summed E-state index contributed by atoms with van der Waals surface area (Å²) >= 11 is 3.41. The third kappa shape index (κ3) is 4.51. The maximum absolute atomic E-state index is 5.65. The normalized spacial score (nSPS) is 10.4. The molecule has 0 aromatic heterocycles. The van der Waals surface area contributed by atoms with Gasteiger partial charge in [-0.1, -0.05) is 15.9 Å². The summed E-state index contributed by atoms with van der Waals surface area (Å²) in [5.74, 6) is 0.863. The molecule has 0 spiro atoms. The molecular formula is C12H18BrNO2. The Hall–Kier alpha value is -0.580. The molecule has 3 nitrogen and oxygen atoms in total. The highest BCUT2D eigenvalue weighted by atomic mass is 79.9. The van der Waals surface area contributed by atoms with Gasteiger partial charge in [0.25, 0.3) is 0 Å². The minimum Gasteiger partial charge on any atom is -0.493 e. The quantitative estimate of drug-likeness (QED) is 0.785. The van der Waals surface area contributed by atoms with Gasteiger partial charge in [0, 0.05) is 36.2 Å². The van der Waals surface area contributed by atoms with Crippen LogP contribution in [0.4, 0.5) is 0 Å². The van der Waals surface area contributed by atoms with Crippen molar-refractivity contribution in [3.8, 4) is 5.75 Å².